The zero-order chi connectivity index (χ0) is 23.1. The third-order valence-electron chi connectivity index (χ3n) is 7.60. The Hall–Kier alpha value is -1.58. The summed E-state index contributed by atoms with van der Waals surface area (Å²) >= 11 is 1.77. The van der Waals surface area contributed by atoms with Crippen molar-refractivity contribution in [3.05, 3.63) is 41.2 Å². The molecule has 5 rings (SSSR count). The number of hydrogen-bond donors (Lipinski definition) is 0. The summed E-state index contributed by atoms with van der Waals surface area (Å²) in [7, 11) is 2.06. The van der Waals surface area contributed by atoms with Gasteiger partial charge in [-0.2, -0.15) is 13.2 Å². The van der Waals surface area contributed by atoms with Crippen LogP contribution in [-0.2, 0) is 18.0 Å². The molecule has 33 heavy (non-hydrogen) atoms. The number of hydrogen-bond acceptors (Lipinski definition) is 5. The van der Waals surface area contributed by atoms with E-state index in [0.29, 0.717) is 11.8 Å². The molecule has 0 radical (unpaired) electrons. The average Bonchev–Trinajstić information content (AvgIpc) is 3.15. The van der Waals surface area contributed by atoms with Gasteiger partial charge in [-0.15, -0.1) is 10.2 Å². The van der Waals surface area contributed by atoms with E-state index in [2.05, 4.69) is 26.7 Å². The minimum Gasteiger partial charge on any atom is -0.381 e. The number of halogens is 3. The molecule has 0 amide bonds. The molecule has 3 heterocycles. The van der Waals surface area contributed by atoms with Crippen molar-refractivity contribution in [2.75, 3.05) is 38.6 Å². The molecule has 180 valence electrons. The minimum absolute atomic E-state index is 0.273. The first-order valence-electron chi connectivity index (χ1n) is 11.9. The molecule has 2 saturated heterocycles. The van der Waals surface area contributed by atoms with Crippen molar-refractivity contribution in [1.82, 2.24) is 19.7 Å². The molecule has 1 aromatic carbocycles. The quantitative estimate of drug-likeness (QED) is 0.408. The summed E-state index contributed by atoms with van der Waals surface area (Å²) < 4.78 is 46.1. The standard InChI is InChI=1S/C24H31F3N4OS/c1-30-21(18-7-12-32-13-8-18)28-29-22(30)33-14-2-10-31-11-9-23(16-31)15-20(23)17-3-5-19(6-4-17)24(25,26)27/h3-6,18,20H,2,7-16H2,1H3/t20-,23?/m1/s1. The van der Waals surface area contributed by atoms with Crippen molar-refractivity contribution in [3.63, 3.8) is 0 Å². The van der Waals surface area contributed by atoms with E-state index in [9.17, 15) is 13.2 Å². The first-order valence-corrected chi connectivity index (χ1v) is 12.8. The van der Waals surface area contributed by atoms with Gasteiger partial charge in [-0.1, -0.05) is 23.9 Å². The second-order valence-electron chi connectivity index (χ2n) is 9.75. The highest BCUT2D eigenvalue weighted by molar-refractivity contribution is 7.99. The van der Waals surface area contributed by atoms with Crippen LogP contribution >= 0.6 is 11.8 Å². The number of likely N-dealkylation sites (tertiary alicyclic amines) is 1. The second kappa shape index (κ2) is 9.23. The molecule has 0 N–H and O–H groups in total. The van der Waals surface area contributed by atoms with Crippen LogP contribution in [0.4, 0.5) is 13.2 Å². The summed E-state index contributed by atoms with van der Waals surface area (Å²) in [6, 6.07) is 5.81. The largest absolute Gasteiger partial charge is 0.416 e. The molecule has 0 bridgehead atoms. The lowest BCUT2D eigenvalue weighted by Gasteiger charge is -2.21. The first kappa shape index (κ1) is 23.2. The smallest absolute Gasteiger partial charge is 0.381 e. The topological polar surface area (TPSA) is 43.2 Å². The highest BCUT2D eigenvalue weighted by Gasteiger charge is 2.57. The summed E-state index contributed by atoms with van der Waals surface area (Å²) in [5, 5.41) is 9.84. The van der Waals surface area contributed by atoms with E-state index in [1.807, 2.05) is 0 Å². The van der Waals surface area contributed by atoms with Crippen molar-refractivity contribution in [2.24, 2.45) is 12.5 Å². The van der Waals surface area contributed by atoms with Gasteiger partial charge in [0, 0.05) is 38.5 Å². The number of alkyl halides is 3. The maximum atomic E-state index is 12.8. The molecule has 1 saturated carbocycles. The number of benzene rings is 1. The summed E-state index contributed by atoms with van der Waals surface area (Å²) in [4.78, 5) is 2.52. The van der Waals surface area contributed by atoms with Crippen LogP contribution in [0, 0.1) is 5.41 Å². The number of thioether (sulfide) groups is 1. The van der Waals surface area contributed by atoms with Crippen LogP contribution in [0.5, 0.6) is 0 Å². The highest BCUT2D eigenvalue weighted by Crippen LogP contribution is 2.64. The number of ether oxygens (including phenoxy) is 1. The zero-order valence-corrected chi connectivity index (χ0v) is 19.8. The molecule has 2 atom stereocenters. The monoisotopic (exact) mass is 480 g/mol. The lowest BCUT2D eigenvalue weighted by molar-refractivity contribution is -0.137. The zero-order valence-electron chi connectivity index (χ0n) is 19.0. The van der Waals surface area contributed by atoms with Crippen LogP contribution in [0.25, 0.3) is 0 Å². The maximum absolute atomic E-state index is 12.8. The Morgan fingerprint density at radius 2 is 1.91 bits per heavy atom. The van der Waals surface area contributed by atoms with Crippen molar-refractivity contribution < 1.29 is 17.9 Å². The summed E-state index contributed by atoms with van der Waals surface area (Å²) in [5.41, 5.74) is 0.770. The van der Waals surface area contributed by atoms with E-state index >= 15 is 0 Å². The van der Waals surface area contributed by atoms with Crippen LogP contribution in [0.15, 0.2) is 29.4 Å². The van der Waals surface area contributed by atoms with Crippen LogP contribution in [-0.4, -0.2) is 58.3 Å². The SMILES string of the molecule is Cn1c(SCCCN2CCC3(C[C@@H]3c3ccc(C(F)(F)F)cc3)C2)nnc1C1CCOCC1. The van der Waals surface area contributed by atoms with E-state index in [1.54, 1.807) is 23.9 Å². The van der Waals surface area contributed by atoms with Gasteiger partial charge in [-0.25, -0.2) is 0 Å². The molecule has 1 unspecified atom stereocenters. The number of nitrogens with zero attached hydrogens (tertiary/aromatic N) is 4. The van der Waals surface area contributed by atoms with Gasteiger partial charge in [-0.05, 0) is 74.2 Å². The Bertz CT molecular complexity index is 958. The molecule has 9 heteroatoms. The molecule has 1 spiro atoms. The van der Waals surface area contributed by atoms with Crippen molar-refractivity contribution in [1.29, 1.82) is 0 Å². The average molecular weight is 481 g/mol. The summed E-state index contributed by atoms with van der Waals surface area (Å²) in [6.07, 6.45) is 1.09. The molecular formula is C24H31F3N4OS. The highest BCUT2D eigenvalue weighted by atomic mass is 32.2. The first-order chi connectivity index (χ1) is 15.9. The lowest BCUT2D eigenvalue weighted by atomic mass is 9.97. The van der Waals surface area contributed by atoms with Gasteiger partial charge in [0.1, 0.15) is 5.82 Å². The van der Waals surface area contributed by atoms with E-state index in [0.717, 1.165) is 87.2 Å². The van der Waals surface area contributed by atoms with Gasteiger partial charge >= 0.3 is 6.18 Å². The van der Waals surface area contributed by atoms with Gasteiger partial charge in [0.15, 0.2) is 5.16 Å². The van der Waals surface area contributed by atoms with Crippen LogP contribution < -0.4 is 0 Å². The summed E-state index contributed by atoms with van der Waals surface area (Å²) in [5.74, 6) is 2.93. The molecule has 1 aromatic heterocycles. The van der Waals surface area contributed by atoms with Crippen LogP contribution in [0.3, 0.4) is 0 Å². The molecule has 2 aliphatic heterocycles. The van der Waals surface area contributed by atoms with E-state index < -0.39 is 11.7 Å². The lowest BCUT2D eigenvalue weighted by Crippen LogP contribution is -2.23. The molecular weight excluding hydrogens is 449 g/mol. The predicted molar refractivity (Wildman–Crippen MR) is 121 cm³/mol. The Morgan fingerprint density at radius 3 is 2.64 bits per heavy atom. The van der Waals surface area contributed by atoms with E-state index in [4.69, 9.17) is 4.74 Å². The normalized spacial score (nSPS) is 26.4. The molecule has 2 aromatic rings. The second-order valence-corrected chi connectivity index (χ2v) is 10.8. The maximum Gasteiger partial charge on any atom is 0.416 e. The van der Waals surface area contributed by atoms with Gasteiger partial charge < -0.3 is 14.2 Å². The number of aromatic nitrogens is 3. The fourth-order valence-corrected chi connectivity index (χ4v) is 6.41. The van der Waals surface area contributed by atoms with Crippen LogP contribution in [0.1, 0.15) is 60.9 Å². The Labute approximate surface area is 197 Å². The van der Waals surface area contributed by atoms with Gasteiger partial charge in [-0.3, -0.25) is 0 Å². The molecule has 5 nitrogen and oxygen atoms in total. The van der Waals surface area contributed by atoms with Crippen LogP contribution in [0.2, 0.25) is 0 Å². The van der Waals surface area contributed by atoms with Crippen molar-refractivity contribution >= 4 is 11.8 Å². The van der Waals surface area contributed by atoms with Gasteiger partial charge in [0.2, 0.25) is 0 Å². The predicted octanol–water partition coefficient (Wildman–Crippen LogP) is 5.09. The Kier molecular flexibility index (Phi) is 6.48. The number of rotatable bonds is 7. The summed E-state index contributed by atoms with van der Waals surface area (Å²) in [6.45, 7) is 4.80. The molecule has 3 aliphatic rings. The Balaban J connectivity index is 1.06. The van der Waals surface area contributed by atoms with Crippen molar-refractivity contribution in [3.8, 4) is 0 Å². The van der Waals surface area contributed by atoms with E-state index in [-0.39, 0.29) is 5.41 Å². The van der Waals surface area contributed by atoms with E-state index in [1.165, 1.54) is 12.1 Å². The van der Waals surface area contributed by atoms with Crippen molar-refractivity contribution in [2.45, 2.75) is 55.3 Å². The third-order valence-corrected chi connectivity index (χ3v) is 8.71. The van der Waals surface area contributed by atoms with Gasteiger partial charge in [0.25, 0.3) is 0 Å². The fourth-order valence-electron chi connectivity index (χ4n) is 5.56. The Morgan fingerprint density at radius 1 is 1.15 bits per heavy atom. The fraction of sp³-hybridized carbons (Fsp3) is 0.667. The molecule has 1 aliphatic carbocycles. The minimum atomic E-state index is -4.26. The van der Waals surface area contributed by atoms with Gasteiger partial charge in [0.05, 0.1) is 5.56 Å². The molecule has 3 fully saturated rings. The third kappa shape index (κ3) is 4.95.